The maximum atomic E-state index is 14.2. The van der Waals surface area contributed by atoms with Crippen LogP contribution in [-0.2, 0) is 11.3 Å². The van der Waals surface area contributed by atoms with Crippen LogP contribution in [0.15, 0.2) is 47.0 Å². The number of nitrogens with zero attached hydrogens (tertiary/aromatic N) is 1. The zero-order valence-electron chi connectivity index (χ0n) is 13.1. The van der Waals surface area contributed by atoms with Gasteiger partial charge in [-0.3, -0.25) is 0 Å². The van der Waals surface area contributed by atoms with Crippen LogP contribution >= 0.6 is 23.2 Å². The molecule has 1 aromatic heterocycles. The van der Waals surface area contributed by atoms with Crippen LogP contribution in [0.3, 0.4) is 0 Å². The molecule has 0 atom stereocenters. The summed E-state index contributed by atoms with van der Waals surface area (Å²) in [6.07, 6.45) is 0. The highest BCUT2D eigenvalue weighted by molar-refractivity contribution is 6.33. The van der Waals surface area contributed by atoms with Crippen LogP contribution in [0.1, 0.15) is 21.7 Å². The quantitative estimate of drug-likeness (QED) is 0.565. The molecule has 3 aromatic rings. The van der Waals surface area contributed by atoms with Crippen molar-refractivity contribution in [2.24, 2.45) is 0 Å². The van der Waals surface area contributed by atoms with Crippen LogP contribution in [0, 0.1) is 12.7 Å². The molecule has 0 aliphatic heterocycles. The molecule has 0 unspecified atom stereocenters. The van der Waals surface area contributed by atoms with Crippen molar-refractivity contribution in [3.05, 3.63) is 75.2 Å². The van der Waals surface area contributed by atoms with Crippen LogP contribution < -0.4 is 0 Å². The highest BCUT2D eigenvalue weighted by Crippen LogP contribution is 2.33. The predicted octanol–water partition coefficient (Wildman–Crippen LogP) is 5.45. The van der Waals surface area contributed by atoms with Gasteiger partial charge < -0.3 is 9.26 Å². The summed E-state index contributed by atoms with van der Waals surface area (Å²) in [4.78, 5) is 12.5. The summed E-state index contributed by atoms with van der Waals surface area (Å²) in [5.74, 6) is -1.08. The van der Waals surface area contributed by atoms with Crippen molar-refractivity contribution in [1.29, 1.82) is 0 Å². The highest BCUT2D eigenvalue weighted by atomic mass is 35.5. The molecule has 0 aliphatic rings. The number of carbonyl (C=O) groups is 1. The molecule has 0 saturated carbocycles. The van der Waals surface area contributed by atoms with Gasteiger partial charge in [0.05, 0.1) is 10.6 Å². The number of esters is 1. The molecule has 0 fully saturated rings. The van der Waals surface area contributed by atoms with Gasteiger partial charge in [0.15, 0.2) is 0 Å². The molecular formula is C18H12Cl2FNO3. The minimum absolute atomic E-state index is 0.00396. The van der Waals surface area contributed by atoms with E-state index in [4.69, 9.17) is 32.5 Å². The van der Waals surface area contributed by atoms with Crippen molar-refractivity contribution in [3.8, 4) is 11.3 Å². The Kier molecular flexibility index (Phi) is 5.06. The number of ether oxygens (including phenoxy) is 1. The van der Waals surface area contributed by atoms with E-state index in [1.165, 1.54) is 18.2 Å². The molecule has 0 aliphatic carbocycles. The Hall–Kier alpha value is -2.37. The third kappa shape index (κ3) is 3.67. The summed E-state index contributed by atoms with van der Waals surface area (Å²) in [7, 11) is 0. The molecule has 0 N–H and O–H groups in total. The number of benzene rings is 2. The first-order valence-electron chi connectivity index (χ1n) is 7.29. The van der Waals surface area contributed by atoms with Crippen molar-refractivity contribution < 1.29 is 18.4 Å². The monoisotopic (exact) mass is 379 g/mol. The van der Waals surface area contributed by atoms with E-state index in [2.05, 4.69) is 5.16 Å². The van der Waals surface area contributed by atoms with Crippen molar-refractivity contribution in [1.82, 2.24) is 5.16 Å². The molecule has 25 heavy (non-hydrogen) atoms. The van der Waals surface area contributed by atoms with Crippen LogP contribution in [0.4, 0.5) is 4.39 Å². The average Bonchev–Trinajstić information content (AvgIpc) is 2.94. The maximum Gasteiger partial charge on any atom is 0.344 e. The summed E-state index contributed by atoms with van der Waals surface area (Å²) in [6, 6.07) is 11.1. The predicted molar refractivity (Wildman–Crippen MR) is 92.2 cm³/mol. The number of halogens is 3. The summed E-state index contributed by atoms with van der Waals surface area (Å²) in [6.45, 7) is 1.55. The molecule has 4 nitrogen and oxygen atoms in total. The molecule has 128 valence electrons. The van der Waals surface area contributed by atoms with Gasteiger partial charge in [-0.25, -0.2) is 9.18 Å². The third-order valence-electron chi connectivity index (χ3n) is 3.53. The van der Waals surface area contributed by atoms with Gasteiger partial charge in [0, 0.05) is 5.02 Å². The van der Waals surface area contributed by atoms with Gasteiger partial charge in [0.2, 0.25) is 0 Å². The van der Waals surface area contributed by atoms with Gasteiger partial charge in [-0.2, -0.15) is 0 Å². The van der Waals surface area contributed by atoms with Crippen LogP contribution in [0.2, 0.25) is 10.0 Å². The summed E-state index contributed by atoms with van der Waals surface area (Å²) in [5.41, 5.74) is 0.766. The minimum atomic E-state index is -0.687. The zero-order chi connectivity index (χ0) is 18.0. The van der Waals surface area contributed by atoms with E-state index in [0.29, 0.717) is 5.02 Å². The van der Waals surface area contributed by atoms with E-state index in [1.807, 2.05) is 0 Å². The molecule has 7 heteroatoms. The molecular weight excluding hydrogens is 368 g/mol. The van der Waals surface area contributed by atoms with E-state index in [9.17, 15) is 9.18 Å². The molecule has 0 amide bonds. The van der Waals surface area contributed by atoms with Crippen LogP contribution in [0.25, 0.3) is 11.3 Å². The van der Waals surface area contributed by atoms with Crippen molar-refractivity contribution in [3.63, 3.8) is 0 Å². The van der Waals surface area contributed by atoms with Crippen molar-refractivity contribution >= 4 is 29.2 Å². The third-order valence-corrected chi connectivity index (χ3v) is 4.08. The fourth-order valence-corrected chi connectivity index (χ4v) is 2.82. The Bertz CT molecular complexity index is 920. The lowest BCUT2D eigenvalue weighted by Gasteiger charge is -2.07. The fourth-order valence-electron chi connectivity index (χ4n) is 2.36. The van der Waals surface area contributed by atoms with Gasteiger partial charge in [0.25, 0.3) is 0 Å². The van der Waals surface area contributed by atoms with E-state index >= 15 is 0 Å². The topological polar surface area (TPSA) is 52.3 Å². The van der Waals surface area contributed by atoms with E-state index in [1.54, 1.807) is 31.2 Å². The SMILES string of the molecule is Cc1onc(-c2c(F)cccc2Cl)c1C(=O)OCc1cccc(Cl)c1. The summed E-state index contributed by atoms with van der Waals surface area (Å²) < 4.78 is 24.5. The minimum Gasteiger partial charge on any atom is -0.457 e. The average molecular weight is 380 g/mol. The van der Waals surface area contributed by atoms with Gasteiger partial charge in [-0.1, -0.05) is 46.6 Å². The van der Waals surface area contributed by atoms with Gasteiger partial charge in [0.1, 0.15) is 29.4 Å². The molecule has 2 aromatic carbocycles. The molecule has 3 rings (SSSR count). The van der Waals surface area contributed by atoms with Gasteiger partial charge in [-0.15, -0.1) is 0 Å². The Labute approximate surface area is 153 Å². The number of aryl methyl sites for hydroxylation is 1. The second-order valence-electron chi connectivity index (χ2n) is 5.27. The second-order valence-corrected chi connectivity index (χ2v) is 6.11. The maximum absolute atomic E-state index is 14.2. The number of rotatable bonds is 4. The van der Waals surface area contributed by atoms with Crippen molar-refractivity contribution in [2.75, 3.05) is 0 Å². The lowest BCUT2D eigenvalue weighted by Crippen LogP contribution is -2.08. The fraction of sp³-hybridized carbons (Fsp3) is 0.111. The molecule has 0 bridgehead atoms. The largest absolute Gasteiger partial charge is 0.457 e. The van der Waals surface area contributed by atoms with Gasteiger partial charge in [-0.05, 0) is 36.8 Å². The number of aromatic nitrogens is 1. The molecule has 0 radical (unpaired) electrons. The number of hydrogen-bond donors (Lipinski definition) is 0. The lowest BCUT2D eigenvalue weighted by molar-refractivity contribution is 0.0471. The molecule has 0 saturated heterocycles. The Morgan fingerprint density at radius 2 is 2.00 bits per heavy atom. The van der Waals surface area contributed by atoms with Crippen LogP contribution in [0.5, 0.6) is 0 Å². The molecule has 0 spiro atoms. The standard InChI is InChI=1S/C18H12Cl2FNO3/c1-10-15(18(23)24-9-11-4-2-5-12(19)8-11)17(22-25-10)16-13(20)6-3-7-14(16)21/h2-8H,9H2,1H3. The Morgan fingerprint density at radius 1 is 1.24 bits per heavy atom. The zero-order valence-corrected chi connectivity index (χ0v) is 14.6. The highest BCUT2D eigenvalue weighted by Gasteiger charge is 2.26. The first-order valence-corrected chi connectivity index (χ1v) is 8.05. The van der Waals surface area contributed by atoms with E-state index in [-0.39, 0.29) is 34.2 Å². The first-order chi connectivity index (χ1) is 12.0. The lowest BCUT2D eigenvalue weighted by atomic mass is 10.1. The first kappa shape index (κ1) is 17.5. The molecule has 1 heterocycles. The van der Waals surface area contributed by atoms with E-state index < -0.39 is 11.8 Å². The van der Waals surface area contributed by atoms with E-state index in [0.717, 1.165) is 5.56 Å². The Morgan fingerprint density at radius 3 is 2.72 bits per heavy atom. The summed E-state index contributed by atoms with van der Waals surface area (Å²) in [5, 5.41) is 4.43. The summed E-state index contributed by atoms with van der Waals surface area (Å²) >= 11 is 12.0. The normalized spacial score (nSPS) is 10.7. The van der Waals surface area contributed by atoms with Crippen molar-refractivity contribution in [2.45, 2.75) is 13.5 Å². The van der Waals surface area contributed by atoms with Gasteiger partial charge >= 0.3 is 5.97 Å². The second kappa shape index (κ2) is 7.25. The number of carbonyl (C=O) groups excluding carboxylic acids is 1. The number of hydrogen-bond acceptors (Lipinski definition) is 4. The smallest absolute Gasteiger partial charge is 0.344 e. The van der Waals surface area contributed by atoms with Crippen LogP contribution in [-0.4, -0.2) is 11.1 Å². The Balaban J connectivity index is 1.90.